The first kappa shape index (κ1) is 15.1. The molecule has 2 rings (SSSR count). The van der Waals surface area contributed by atoms with Gasteiger partial charge in [0.15, 0.2) is 0 Å². The summed E-state index contributed by atoms with van der Waals surface area (Å²) in [6.07, 6.45) is -0.973. The molecular formula is C14H16F2N4O. The molecule has 0 saturated carbocycles. The lowest BCUT2D eigenvalue weighted by atomic mass is 10.1. The van der Waals surface area contributed by atoms with Gasteiger partial charge in [0, 0.05) is 12.0 Å². The van der Waals surface area contributed by atoms with Crippen LogP contribution in [0.3, 0.4) is 0 Å². The number of aromatic nitrogens is 3. The number of hydrogen-bond acceptors (Lipinski definition) is 3. The molecule has 0 aliphatic rings. The van der Waals surface area contributed by atoms with Crippen molar-refractivity contribution in [1.82, 2.24) is 14.8 Å². The molecule has 0 saturated heterocycles. The Labute approximate surface area is 120 Å². The summed E-state index contributed by atoms with van der Waals surface area (Å²) in [5, 5.41) is 4.06. The highest BCUT2D eigenvalue weighted by Gasteiger charge is 2.14. The van der Waals surface area contributed by atoms with Gasteiger partial charge >= 0.3 is 0 Å². The summed E-state index contributed by atoms with van der Waals surface area (Å²) in [5.41, 5.74) is 5.96. The molecule has 1 aromatic heterocycles. The van der Waals surface area contributed by atoms with E-state index in [-0.39, 0.29) is 11.4 Å². The molecule has 2 N–H and O–H groups in total. The molecule has 0 spiro atoms. The number of primary amides is 1. The van der Waals surface area contributed by atoms with Gasteiger partial charge in [0.25, 0.3) is 12.3 Å². The second-order valence-corrected chi connectivity index (χ2v) is 4.67. The fraction of sp³-hybridized carbons (Fsp3) is 0.357. The van der Waals surface area contributed by atoms with Gasteiger partial charge in [0.1, 0.15) is 5.82 Å². The van der Waals surface area contributed by atoms with Gasteiger partial charge in [-0.2, -0.15) is 0 Å². The largest absolute Gasteiger partial charge is 0.363 e. The van der Waals surface area contributed by atoms with Gasteiger partial charge in [-0.3, -0.25) is 4.79 Å². The molecule has 1 heterocycles. The zero-order chi connectivity index (χ0) is 15.4. The standard InChI is InChI=1S/C14H16F2N4O/c1-2-3-11-18-14(13(17)21)19-20(11)8-9-4-6-10(7-5-9)12(15)16/h4-7,12H,2-3,8H2,1H3,(H2,17,21). The number of nitrogens with two attached hydrogens (primary N) is 1. The van der Waals surface area contributed by atoms with Crippen LogP contribution in [0, 0.1) is 0 Å². The van der Waals surface area contributed by atoms with Gasteiger partial charge in [-0.25, -0.2) is 18.4 Å². The van der Waals surface area contributed by atoms with Crippen molar-refractivity contribution < 1.29 is 13.6 Å². The first-order valence-electron chi connectivity index (χ1n) is 6.61. The van der Waals surface area contributed by atoms with E-state index in [0.29, 0.717) is 18.8 Å². The van der Waals surface area contributed by atoms with E-state index in [4.69, 9.17) is 5.73 Å². The molecule has 0 fully saturated rings. The average Bonchev–Trinajstić information content (AvgIpc) is 2.83. The van der Waals surface area contributed by atoms with E-state index in [1.165, 1.54) is 12.1 Å². The molecule has 0 unspecified atom stereocenters. The summed E-state index contributed by atoms with van der Waals surface area (Å²) in [6, 6.07) is 5.99. The number of aryl methyl sites for hydroxylation is 1. The van der Waals surface area contributed by atoms with Crippen LogP contribution in [0.1, 0.15) is 47.3 Å². The predicted octanol–water partition coefficient (Wildman–Crippen LogP) is 2.32. The van der Waals surface area contributed by atoms with Crippen molar-refractivity contribution in [3.63, 3.8) is 0 Å². The minimum Gasteiger partial charge on any atom is -0.363 e. The number of nitrogens with zero attached hydrogens (tertiary/aromatic N) is 3. The van der Waals surface area contributed by atoms with E-state index < -0.39 is 12.3 Å². The maximum Gasteiger partial charge on any atom is 0.288 e. The first-order valence-corrected chi connectivity index (χ1v) is 6.61. The van der Waals surface area contributed by atoms with E-state index in [2.05, 4.69) is 10.1 Å². The van der Waals surface area contributed by atoms with Crippen LogP contribution < -0.4 is 5.73 Å². The third kappa shape index (κ3) is 3.62. The van der Waals surface area contributed by atoms with E-state index >= 15 is 0 Å². The summed E-state index contributed by atoms with van der Waals surface area (Å²) in [5.74, 6) is -0.0500. The predicted molar refractivity (Wildman–Crippen MR) is 73.0 cm³/mol. The molecule has 0 aliphatic carbocycles. The van der Waals surface area contributed by atoms with Crippen molar-refractivity contribution in [2.45, 2.75) is 32.7 Å². The lowest BCUT2D eigenvalue weighted by Gasteiger charge is -2.06. The van der Waals surface area contributed by atoms with E-state index in [1.807, 2.05) is 6.92 Å². The number of carbonyl (C=O) groups excluding carboxylic acids is 1. The van der Waals surface area contributed by atoms with Crippen molar-refractivity contribution in [1.29, 1.82) is 0 Å². The Morgan fingerprint density at radius 2 is 2.00 bits per heavy atom. The van der Waals surface area contributed by atoms with Crippen LogP contribution >= 0.6 is 0 Å². The highest BCUT2D eigenvalue weighted by Crippen LogP contribution is 2.19. The topological polar surface area (TPSA) is 73.8 Å². The zero-order valence-corrected chi connectivity index (χ0v) is 11.6. The van der Waals surface area contributed by atoms with Crippen molar-refractivity contribution in [3.05, 3.63) is 47.0 Å². The summed E-state index contributed by atoms with van der Waals surface area (Å²) < 4.78 is 26.6. The maximum absolute atomic E-state index is 12.5. The number of amides is 1. The second kappa shape index (κ2) is 6.43. The molecule has 2 aromatic rings. The molecule has 0 aliphatic heterocycles. The number of alkyl halides is 2. The van der Waals surface area contributed by atoms with Crippen LogP contribution in [0.4, 0.5) is 8.78 Å². The third-order valence-corrected chi connectivity index (χ3v) is 3.01. The van der Waals surface area contributed by atoms with Gasteiger partial charge in [-0.15, -0.1) is 5.10 Å². The number of halogens is 2. The maximum atomic E-state index is 12.5. The Kier molecular flexibility index (Phi) is 4.62. The van der Waals surface area contributed by atoms with Crippen molar-refractivity contribution in [2.24, 2.45) is 5.73 Å². The van der Waals surface area contributed by atoms with Crippen molar-refractivity contribution in [2.75, 3.05) is 0 Å². The van der Waals surface area contributed by atoms with Crippen LogP contribution in [0.25, 0.3) is 0 Å². The Morgan fingerprint density at radius 3 is 2.52 bits per heavy atom. The second-order valence-electron chi connectivity index (χ2n) is 4.67. The monoisotopic (exact) mass is 294 g/mol. The lowest BCUT2D eigenvalue weighted by molar-refractivity contribution is 0.0990. The Hall–Kier alpha value is -2.31. The fourth-order valence-corrected chi connectivity index (χ4v) is 1.96. The van der Waals surface area contributed by atoms with Gasteiger partial charge in [-0.1, -0.05) is 31.2 Å². The molecule has 0 atom stereocenters. The van der Waals surface area contributed by atoms with Crippen LogP contribution in [0.2, 0.25) is 0 Å². The van der Waals surface area contributed by atoms with Crippen LogP contribution in [0.15, 0.2) is 24.3 Å². The number of hydrogen-bond donors (Lipinski definition) is 1. The Morgan fingerprint density at radius 1 is 1.33 bits per heavy atom. The molecule has 7 heteroatoms. The van der Waals surface area contributed by atoms with Crippen LogP contribution in [0.5, 0.6) is 0 Å². The minimum atomic E-state index is -2.48. The summed E-state index contributed by atoms with van der Waals surface area (Å²) in [6.45, 7) is 2.35. The smallest absolute Gasteiger partial charge is 0.288 e. The average molecular weight is 294 g/mol. The molecule has 112 valence electrons. The zero-order valence-electron chi connectivity index (χ0n) is 11.6. The summed E-state index contributed by atoms with van der Waals surface area (Å²) in [7, 11) is 0. The summed E-state index contributed by atoms with van der Waals surface area (Å²) >= 11 is 0. The third-order valence-electron chi connectivity index (χ3n) is 3.01. The van der Waals surface area contributed by atoms with E-state index in [9.17, 15) is 13.6 Å². The molecular weight excluding hydrogens is 278 g/mol. The fourth-order valence-electron chi connectivity index (χ4n) is 1.96. The Balaban J connectivity index is 2.23. The first-order chi connectivity index (χ1) is 10.0. The molecule has 21 heavy (non-hydrogen) atoms. The van der Waals surface area contributed by atoms with E-state index in [1.54, 1.807) is 16.8 Å². The quantitative estimate of drug-likeness (QED) is 0.888. The number of rotatable bonds is 6. The van der Waals surface area contributed by atoms with E-state index in [0.717, 1.165) is 12.0 Å². The number of carbonyl (C=O) groups is 1. The minimum absolute atomic E-state index is 0.0241. The molecule has 5 nitrogen and oxygen atoms in total. The van der Waals surface area contributed by atoms with Crippen molar-refractivity contribution in [3.8, 4) is 0 Å². The normalized spacial score (nSPS) is 11.0. The summed E-state index contributed by atoms with van der Waals surface area (Å²) in [4.78, 5) is 15.2. The van der Waals surface area contributed by atoms with Crippen LogP contribution in [-0.2, 0) is 13.0 Å². The highest BCUT2D eigenvalue weighted by molar-refractivity contribution is 5.88. The molecule has 0 bridgehead atoms. The van der Waals surface area contributed by atoms with Gasteiger partial charge in [-0.05, 0) is 12.0 Å². The van der Waals surface area contributed by atoms with Gasteiger partial charge in [0.05, 0.1) is 6.54 Å². The SMILES string of the molecule is CCCc1nc(C(N)=O)nn1Cc1ccc(C(F)F)cc1. The molecule has 1 aromatic carbocycles. The Bertz CT molecular complexity index is 622. The number of benzene rings is 1. The highest BCUT2D eigenvalue weighted by atomic mass is 19.3. The van der Waals surface area contributed by atoms with Crippen LogP contribution in [-0.4, -0.2) is 20.7 Å². The van der Waals surface area contributed by atoms with Gasteiger partial charge in [0.2, 0.25) is 5.82 Å². The lowest BCUT2D eigenvalue weighted by Crippen LogP contribution is -2.13. The molecule has 1 amide bonds. The molecule has 0 radical (unpaired) electrons. The van der Waals surface area contributed by atoms with Crippen molar-refractivity contribution >= 4 is 5.91 Å². The van der Waals surface area contributed by atoms with Gasteiger partial charge < -0.3 is 5.73 Å².